The smallest absolute Gasteiger partial charge is 0.325 e. The molecule has 0 radical (unpaired) electrons. The minimum absolute atomic E-state index is 0.183. The van der Waals surface area contributed by atoms with Crippen LogP contribution in [0.25, 0.3) is 0 Å². The van der Waals surface area contributed by atoms with Crippen molar-refractivity contribution in [3.8, 4) is 0 Å². The van der Waals surface area contributed by atoms with Gasteiger partial charge in [-0.25, -0.2) is 4.79 Å². The molecule has 2 aromatic rings. The Bertz CT molecular complexity index is 1050. The van der Waals surface area contributed by atoms with Gasteiger partial charge in [-0.15, -0.1) is 0 Å². The topological polar surface area (TPSA) is 78.5 Å². The number of benzene rings is 2. The number of alkyl halides is 3. The van der Waals surface area contributed by atoms with Crippen molar-refractivity contribution in [3.05, 3.63) is 63.6 Å². The molecule has 1 saturated heterocycles. The van der Waals surface area contributed by atoms with Gasteiger partial charge in [0, 0.05) is 16.3 Å². The minimum Gasteiger partial charge on any atom is -0.325 e. The molecule has 2 N–H and O–H groups in total. The van der Waals surface area contributed by atoms with Crippen LogP contribution >= 0.6 is 23.2 Å². The van der Waals surface area contributed by atoms with Gasteiger partial charge in [0.1, 0.15) is 12.1 Å². The van der Waals surface area contributed by atoms with Gasteiger partial charge in [-0.05, 0) is 31.2 Å². The van der Waals surface area contributed by atoms with Crippen LogP contribution in [0.15, 0.2) is 42.5 Å². The van der Waals surface area contributed by atoms with E-state index in [1.165, 1.54) is 13.0 Å². The van der Waals surface area contributed by atoms with E-state index in [1.807, 2.05) is 0 Å². The maximum atomic E-state index is 13.0. The third kappa shape index (κ3) is 4.08. The zero-order valence-electron chi connectivity index (χ0n) is 15.3. The summed E-state index contributed by atoms with van der Waals surface area (Å²) in [5.74, 6) is -1.58. The molecule has 0 aromatic heterocycles. The Hall–Kier alpha value is -2.78. The Morgan fingerprint density at radius 2 is 1.80 bits per heavy atom. The molecule has 30 heavy (non-hydrogen) atoms. The van der Waals surface area contributed by atoms with Crippen LogP contribution in [0.1, 0.15) is 18.1 Å². The number of halogens is 5. The molecule has 158 valence electrons. The summed E-state index contributed by atoms with van der Waals surface area (Å²) in [7, 11) is 0. The van der Waals surface area contributed by atoms with Crippen molar-refractivity contribution in [3.63, 3.8) is 0 Å². The van der Waals surface area contributed by atoms with E-state index in [-0.39, 0.29) is 10.7 Å². The second kappa shape index (κ2) is 7.81. The number of carbonyl (C=O) groups excluding carboxylic acids is 3. The van der Waals surface area contributed by atoms with E-state index in [2.05, 4.69) is 10.6 Å². The molecule has 0 aliphatic carbocycles. The molecule has 11 heteroatoms. The van der Waals surface area contributed by atoms with Crippen LogP contribution in [0.5, 0.6) is 0 Å². The SMILES string of the molecule is C[C@]1(c2ccccc2Cl)NC(=O)N(CC(=O)Nc2ccc(Cl)c(C(F)(F)F)c2)C1=O. The third-order valence-corrected chi connectivity index (χ3v) is 5.20. The zero-order valence-corrected chi connectivity index (χ0v) is 16.8. The zero-order chi connectivity index (χ0) is 22.3. The first-order valence-corrected chi connectivity index (χ1v) is 9.25. The van der Waals surface area contributed by atoms with Gasteiger partial charge >= 0.3 is 12.2 Å². The van der Waals surface area contributed by atoms with E-state index in [0.717, 1.165) is 6.07 Å². The monoisotopic (exact) mass is 459 g/mol. The number of urea groups is 1. The second-order valence-electron chi connectivity index (χ2n) is 6.67. The standard InChI is InChI=1S/C19H14Cl2F3N3O3/c1-18(11-4-2-3-5-13(11)20)16(29)27(17(30)26-18)9-15(28)25-10-6-7-14(21)12(8-10)19(22,23)24/h2-8H,9H2,1H3,(H,25,28)(H,26,30)/t18-/m1/s1. The Labute approximate surface area is 178 Å². The molecule has 1 aliphatic heterocycles. The lowest BCUT2D eigenvalue weighted by Gasteiger charge is -2.23. The number of rotatable bonds is 4. The van der Waals surface area contributed by atoms with Crippen molar-refractivity contribution in [1.29, 1.82) is 0 Å². The highest BCUT2D eigenvalue weighted by Gasteiger charge is 2.50. The fourth-order valence-corrected chi connectivity index (χ4v) is 3.60. The Kier molecular flexibility index (Phi) is 5.70. The summed E-state index contributed by atoms with van der Waals surface area (Å²) < 4.78 is 38.9. The Morgan fingerprint density at radius 1 is 1.13 bits per heavy atom. The van der Waals surface area contributed by atoms with E-state index in [1.54, 1.807) is 24.3 Å². The van der Waals surface area contributed by atoms with Gasteiger partial charge in [0.25, 0.3) is 5.91 Å². The second-order valence-corrected chi connectivity index (χ2v) is 7.48. The van der Waals surface area contributed by atoms with Crippen molar-refractivity contribution in [2.45, 2.75) is 18.6 Å². The van der Waals surface area contributed by atoms with Crippen molar-refractivity contribution < 1.29 is 27.6 Å². The van der Waals surface area contributed by atoms with Crippen molar-refractivity contribution >= 4 is 46.7 Å². The van der Waals surface area contributed by atoms with E-state index in [0.29, 0.717) is 16.5 Å². The highest BCUT2D eigenvalue weighted by atomic mass is 35.5. The Balaban J connectivity index is 1.77. The molecular formula is C19H14Cl2F3N3O3. The number of carbonyl (C=O) groups is 3. The number of hydrogen-bond acceptors (Lipinski definition) is 3. The van der Waals surface area contributed by atoms with Gasteiger partial charge in [-0.1, -0.05) is 41.4 Å². The van der Waals surface area contributed by atoms with Gasteiger partial charge in [-0.2, -0.15) is 13.2 Å². The fraction of sp³-hybridized carbons (Fsp3) is 0.211. The van der Waals surface area contributed by atoms with E-state index >= 15 is 0 Å². The lowest BCUT2D eigenvalue weighted by Crippen LogP contribution is -2.42. The van der Waals surface area contributed by atoms with Gasteiger partial charge in [0.05, 0.1) is 10.6 Å². The van der Waals surface area contributed by atoms with Crippen LogP contribution in [0.4, 0.5) is 23.7 Å². The first kappa shape index (κ1) is 21.9. The number of nitrogens with one attached hydrogen (secondary N) is 2. The quantitative estimate of drug-likeness (QED) is 0.664. The molecule has 1 aliphatic rings. The number of imide groups is 1. The average molecular weight is 460 g/mol. The number of anilines is 1. The fourth-order valence-electron chi connectivity index (χ4n) is 3.05. The predicted molar refractivity (Wildman–Crippen MR) is 104 cm³/mol. The maximum absolute atomic E-state index is 13.0. The first-order chi connectivity index (χ1) is 13.9. The molecule has 2 aromatic carbocycles. The van der Waals surface area contributed by atoms with Crippen molar-refractivity contribution in [1.82, 2.24) is 10.2 Å². The van der Waals surface area contributed by atoms with Crippen LogP contribution in [-0.4, -0.2) is 29.3 Å². The predicted octanol–water partition coefficient (Wildman–Crippen LogP) is 4.42. The number of nitrogens with zero attached hydrogens (tertiary/aromatic N) is 1. The minimum atomic E-state index is -4.71. The van der Waals surface area contributed by atoms with Crippen LogP contribution in [-0.2, 0) is 21.3 Å². The highest BCUT2D eigenvalue weighted by molar-refractivity contribution is 6.32. The van der Waals surface area contributed by atoms with Crippen LogP contribution in [0.2, 0.25) is 10.0 Å². The molecule has 0 saturated carbocycles. The highest BCUT2D eigenvalue weighted by Crippen LogP contribution is 2.36. The summed E-state index contributed by atoms with van der Waals surface area (Å²) in [6.45, 7) is 0.746. The van der Waals surface area contributed by atoms with Gasteiger partial charge in [0.2, 0.25) is 5.91 Å². The molecule has 0 spiro atoms. The molecule has 4 amide bonds. The van der Waals surface area contributed by atoms with Crippen LogP contribution in [0, 0.1) is 0 Å². The Morgan fingerprint density at radius 3 is 2.43 bits per heavy atom. The molecule has 6 nitrogen and oxygen atoms in total. The number of hydrogen-bond donors (Lipinski definition) is 2. The first-order valence-electron chi connectivity index (χ1n) is 8.49. The summed E-state index contributed by atoms with van der Waals surface area (Å²) in [5.41, 5.74) is -2.44. The summed E-state index contributed by atoms with van der Waals surface area (Å²) in [6, 6.07) is 8.41. The molecule has 0 unspecified atom stereocenters. The lowest BCUT2D eigenvalue weighted by atomic mass is 9.92. The lowest BCUT2D eigenvalue weighted by molar-refractivity contribution is -0.137. The maximum Gasteiger partial charge on any atom is 0.417 e. The summed E-state index contributed by atoms with van der Waals surface area (Å²) in [4.78, 5) is 38.1. The average Bonchev–Trinajstić information content (AvgIpc) is 2.86. The van der Waals surface area contributed by atoms with Crippen LogP contribution in [0.3, 0.4) is 0 Å². The van der Waals surface area contributed by atoms with Crippen molar-refractivity contribution in [2.24, 2.45) is 0 Å². The van der Waals surface area contributed by atoms with Gasteiger partial charge < -0.3 is 10.6 Å². The normalized spacial score (nSPS) is 19.1. The molecule has 1 fully saturated rings. The van der Waals surface area contributed by atoms with Gasteiger partial charge in [0.15, 0.2) is 0 Å². The molecule has 1 atom stereocenters. The summed E-state index contributed by atoms with van der Waals surface area (Å²) in [6.07, 6.45) is -4.71. The molecule has 0 bridgehead atoms. The van der Waals surface area contributed by atoms with Crippen molar-refractivity contribution in [2.75, 3.05) is 11.9 Å². The van der Waals surface area contributed by atoms with Crippen LogP contribution < -0.4 is 10.6 Å². The van der Waals surface area contributed by atoms with Gasteiger partial charge in [-0.3, -0.25) is 14.5 Å². The molecular weight excluding hydrogens is 446 g/mol. The summed E-state index contributed by atoms with van der Waals surface area (Å²) in [5, 5.41) is 4.46. The van der Waals surface area contributed by atoms with E-state index in [9.17, 15) is 27.6 Å². The van der Waals surface area contributed by atoms with E-state index < -0.39 is 46.7 Å². The molecule has 3 rings (SSSR count). The number of amides is 4. The largest absolute Gasteiger partial charge is 0.417 e. The third-order valence-electron chi connectivity index (χ3n) is 4.54. The van der Waals surface area contributed by atoms with E-state index in [4.69, 9.17) is 23.2 Å². The molecule has 1 heterocycles. The summed E-state index contributed by atoms with van der Waals surface area (Å²) >= 11 is 11.7.